The van der Waals surface area contributed by atoms with Gasteiger partial charge >= 0.3 is 0 Å². The number of aryl methyl sites for hydroxylation is 1. The van der Waals surface area contributed by atoms with Crippen LogP contribution in [-0.2, 0) is 7.05 Å². The Hall–Kier alpha value is -2.67. The molecule has 7 heteroatoms. The van der Waals surface area contributed by atoms with Crippen LogP contribution in [-0.4, -0.2) is 46.3 Å². The number of likely N-dealkylation sites (tertiary alicyclic amines) is 1. The SMILES string of the molecule is CN1CCC2(CC1)CC(NC(=O)c1ccc(=O)n(C)n1)c1ccccc1O2. The number of ether oxygens (including phenoxy) is 1. The summed E-state index contributed by atoms with van der Waals surface area (Å²) in [5, 5.41) is 7.17. The van der Waals surface area contributed by atoms with Crippen LogP contribution < -0.4 is 15.6 Å². The summed E-state index contributed by atoms with van der Waals surface area (Å²) in [7, 11) is 3.66. The summed E-state index contributed by atoms with van der Waals surface area (Å²) in [5.41, 5.74) is 0.724. The number of hydrogen-bond acceptors (Lipinski definition) is 5. The van der Waals surface area contributed by atoms with Crippen molar-refractivity contribution in [2.24, 2.45) is 7.05 Å². The molecule has 1 spiro atoms. The number of hydrogen-bond donors (Lipinski definition) is 1. The highest BCUT2D eigenvalue weighted by atomic mass is 16.5. The molecule has 1 fully saturated rings. The molecule has 0 radical (unpaired) electrons. The van der Waals surface area contributed by atoms with Gasteiger partial charge < -0.3 is 15.0 Å². The molecule has 4 rings (SSSR count). The van der Waals surface area contributed by atoms with E-state index in [9.17, 15) is 9.59 Å². The highest BCUT2D eigenvalue weighted by molar-refractivity contribution is 5.92. The molecule has 2 aliphatic rings. The number of carbonyl (C=O) groups excluding carboxylic acids is 1. The van der Waals surface area contributed by atoms with E-state index in [0.29, 0.717) is 0 Å². The van der Waals surface area contributed by atoms with Gasteiger partial charge in [-0.15, -0.1) is 0 Å². The van der Waals surface area contributed by atoms with Gasteiger partial charge in [-0.1, -0.05) is 18.2 Å². The first-order chi connectivity index (χ1) is 13.0. The van der Waals surface area contributed by atoms with Crippen molar-refractivity contribution < 1.29 is 9.53 Å². The molecule has 2 aromatic rings. The van der Waals surface area contributed by atoms with E-state index in [1.165, 1.54) is 23.9 Å². The third-order valence-corrected chi connectivity index (χ3v) is 5.59. The predicted octanol–water partition coefficient (Wildman–Crippen LogP) is 1.50. The van der Waals surface area contributed by atoms with Gasteiger partial charge in [-0.3, -0.25) is 9.59 Å². The first-order valence-corrected chi connectivity index (χ1v) is 9.27. The highest BCUT2D eigenvalue weighted by Crippen LogP contribution is 2.44. The second-order valence-corrected chi connectivity index (χ2v) is 7.54. The Labute approximate surface area is 157 Å². The largest absolute Gasteiger partial charge is 0.487 e. The van der Waals surface area contributed by atoms with E-state index in [1.54, 1.807) is 0 Å². The first kappa shape index (κ1) is 17.7. The number of piperidine rings is 1. The average molecular weight is 368 g/mol. The van der Waals surface area contributed by atoms with Crippen molar-refractivity contribution >= 4 is 5.91 Å². The molecule has 1 N–H and O–H groups in total. The van der Waals surface area contributed by atoms with Crippen molar-refractivity contribution in [1.29, 1.82) is 0 Å². The van der Waals surface area contributed by atoms with Crippen LogP contribution in [0.5, 0.6) is 5.75 Å². The van der Waals surface area contributed by atoms with Crippen LogP contribution in [0.15, 0.2) is 41.2 Å². The maximum absolute atomic E-state index is 12.8. The maximum atomic E-state index is 12.8. The molecule has 27 heavy (non-hydrogen) atoms. The van der Waals surface area contributed by atoms with Gasteiger partial charge in [-0.05, 0) is 32.0 Å². The molecule has 1 unspecified atom stereocenters. The lowest BCUT2D eigenvalue weighted by molar-refractivity contribution is -0.0196. The van der Waals surface area contributed by atoms with Crippen molar-refractivity contribution in [2.45, 2.75) is 30.9 Å². The van der Waals surface area contributed by atoms with Gasteiger partial charge in [0.05, 0.1) is 6.04 Å². The maximum Gasteiger partial charge on any atom is 0.272 e. The van der Waals surface area contributed by atoms with E-state index in [-0.39, 0.29) is 28.8 Å². The summed E-state index contributed by atoms with van der Waals surface area (Å²) in [6, 6.07) is 10.6. The summed E-state index contributed by atoms with van der Waals surface area (Å²) < 4.78 is 7.59. The van der Waals surface area contributed by atoms with Crippen LogP contribution in [0, 0.1) is 0 Å². The second-order valence-electron chi connectivity index (χ2n) is 7.54. The van der Waals surface area contributed by atoms with Crippen LogP contribution in [0.25, 0.3) is 0 Å². The van der Waals surface area contributed by atoms with E-state index in [1.807, 2.05) is 24.3 Å². The molecular weight excluding hydrogens is 344 g/mol. The lowest BCUT2D eigenvalue weighted by Gasteiger charge is -2.46. The zero-order valence-electron chi connectivity index (χ0n) is 15.6. The first-order valence-electron chi connectivity index (χ1n) is 9.27. The fourth-order valence-electron chi connectivity index (χ4n) is 3.93. The minimum atomic E-state index is -0.282. The van der Waals surface area contributed by atoms with Crippen LogP contribution >= 0.6 is 0 Å². The van der Waals surface area contributed by atoms with E-state index < -0.39 is 0 Å². The minimum Gasteiger partial charge on any atom is -0.487 e. The quantitative estimate of drug-likeness (QED) is 0.869. The van der Waals surface area contributed by atoms with Crippen LogP contribution in [0.2, 0.25) is 0 Å². The van der Waals surface area contributed by atoms with Gasteiger partial charge in [-0.25, -0.2) is 4.68 Å². The van der Waals surface area contributed by atoms with Gasteiger partial charge in [0.15, 0.2) is 0 Å². The number of rotatable bonds is 2. The third kappa shape index (κ3) is 3.47. The summed E-state index contributed by atoms with van der Waals surface area (Å²) in [6.45, 7) is 1.95. The smallest absolute Gasteiger partial charge is 0.272 e. The molecule has 0 bridgehead atoms. The van der Waals surface area contributed by atoms with E-state index >= 15 is 0 Å². The monoisotopic (exact) mass is 368 g/mol. The summed E-state index contributed by atoms with van der Waals surface area (Å²) in [4.78, 5) is 26.6. The minimum absolute atomic E-state index is 0.148. The van der Waals surface area contributed by atoms with Crippen LogP contribution in [0.4, 0.5) is 0 Å². The molecule has 1 amide bonds. The van der Waals surface area contributed by atoms with Crippen molar-refractivity contribution in [1.82, 2.24) is 20.0 Å². The average Bonchev–Trinajstić information content (AvgIpc) is 2.66. The van der Waals surface area contributed by atoms with E-state index in [0.717, 1.165) is 43.7 Å². The number of fused-ring (bicyclic) bond motifs is 1. The molecule has 7 nitrogen and oxygen atoms in total. The molecule has 1 aromatic carbocycles. The molecule has 1 saturated heterocycles. The van der Waals surface area contributed by atoms with E-state index in [2.05, 4.69) is 22.4 Å². The molecular formula is C20H24N4O3. The number of aromatic nitrogens is 2. The van der Waals surface area contributed by atoms with Crippen LogP contribution in [0.1, 0.15) is 41.4 Å². The Morgan fingerprint density at radius 2 is 1.93 bits per heavy atom. The lowest BCUT2D eigenvalue weighted by atomic mass is 9.80. The fourth-order valence-corrected chi connectivity index (χ4v) is 3.93. The Kier molecular flexibility index (Phi) is 4.47. The number of amides is 1. The van der Waals surface area contributed by atoms with Crippen LogP contribution in [0.3, 0.4) is 0 Å². The second kappa shape index (κ2) is 6.81. The van der Waals surface area contributed by atoms with Crippen molar-refractivity contribution in [2.75, 3.05) is 20.1 Å². The number of nitrogens with zero attached hydrogens (tertiary/aromatic N) is 3. The number of para-hydroxylation sites is 1. The number of carbonyl (C=O) groups is 1. The Bertz CT molecular complexity index is 915. The molecule has 2 aliphatic heterocycles. The third-order valence-electron chi connectivity index (χ3n) is 5.59. The standard InChI is InChI=1S/C20H24N4O3/c1-23-11-9-20(10-12-23)13-16(14-5-3-4-6-17(14)27-20)21-19(26)15-7-8-18(25)24(2)22-15/h3-8,16H,9-13H2,1-2H3,(H,21,26). The summed E-state index contributed by atoms with van der Waals surface area (Å²) >= 11 is 0. The summed E-state index contributed by atoms with van der Waals surface area (Å²) in [5.74, 6) is 0.558. The molecule has 0 aliphatic carbocycles. The fraction of sp³-hybridized carbons (Fsp3) is 0.450. The predicted molar refractivity (Wildman–Crippen MR) is 101 cm³/mol. The lowest BCUT2D eigenvalue weighted by Crippen LogP contribution is -2.51. The Morgan fingerprint density at radius 3 is 2.67 bits per heavy atom. The highest BCUT2D eigenvalue weighted by Gasteiger charge is 2.43. The number of benzene rings is 1. The normalized spacial score (nSPS) is 21.3. The Morgan fingerprint density at radius 1 is 1.19 bits per heavy atom. The van der Waals surface area contributed by atoms with Gasteiger partial charge in [0.2, 0.25) is 0 Å². The van der Waals surface area contributed by atoms with Gasteiger partial charge in [0.25, 0.3) is 11.5 Å². The molecule has 0 saturated carbocycles. The van der Waals surface area contributed by atoms with Crippen molar-refractivity contribution in [3.8, 4) is 5.75 Å². The topological polar surface area (TPSA) is 76.5 Å². The zero-order valence-corrected chi connectivity index (χ0v) is 15.6. The van der Waals surface area contributed by atoms with E-state index in [4.69, 9.17) is 4.74 Å². The van der Waals surface area contributed by atoms with Gasteiger partial charge in [0, 0.05) is 38.2 Å². The van der Waals surface area contributed by atoms with Crippen molar-refractivity contribution in [3.05, 3.63) is 58.0 Å². The number of nitrogens with one attached hydrogen (secondary N) is 1. The molecule has 1 aromatic heterocycles. The molecule has 142 valence electrons. The van der Waals surface area contributed by atoms with Gasteiger partial charge in [-0.2, -0.15) is 5.10 Å². The summed E-state index contributed by atoms with van der Waals surface area (Å²) in [6.07, 6.45) is 2.60. The van der Waals surface area contributed by atoms with Crippen molar-refractivity contribution in [3.63, 3.8) is 0 Å². The molecule has 3 heterocycles. The molecule has 1 atom stereocenters. The Balaban J connectivity index is 1.61. The zero-order chi connectivity index (χ0) is 19.0. The van der Waals surface area contributed by atoms with Gasteiger partial charge in [0.1, 0.15) is 17.0 Å².